The van der Waals surface area contributed by atoms with Gasteiger partial charge in [-0.2, -0.15) is 10.3 Å². The number of hydrogen-bond acceptors (Lipinski definition) is 5. The minimum atomic E-state index is -0.518. The van der Waals surface area contributed by atoms with Gasteiger partial charge in [-0.25, -0.2) is 0 Å². The smallest absolute Gasteiger partial charge is 0.248 e. The minimum Gasteiger partial charge on any atom is -0.366 e. The fraction of sp³-hybridized carbons (Fsp3) is 0. The number of carbonyl (C=O) groups excluding carboxylic acids is 1. The van der Waals surface area contributed by atoms with Crippen molar-refractivity contribution in [2.24, 2.45) is 16.0 Å². The summed E-state index contributed by atoms with van der Waals surface area (Å²) >= 11 is 0. The molecule has 0 aliphatic carbocycles. The first-order valence-corrected chi connectivity index (χ1v) is 10.6. The van der Waals surface area contributed by atoms with Crippen molar-refractivity contribution in [3.63, 3.8) is 0 Å². The van der Waals surface area contributed by atoms with Gasteiger partial charge in [0.2, 0.25) is 11.7 Å². The van der Waals surface area contributed by atoms with Crippen molar-refractivity contribution < 1.29 is 4.79 Å². The summed E-state index contributed by atoms with van der Waals surface area (Å²) in [5.74, 6) is -0.0994. The molecule has 0 bridgehead atoms. The molecule has 0 radical (unpaired) electrons. The van der Waals surface area contributed by atoms with Gasteiger partial charge in [-0.05, 0) is 35.0 Å². The number of fused-ring (bicyclic) bond motifs is 2. The Labute approximate surface area is 196 Å². The summed E-state index contributed by atoms with van der Waals surface area (Å²) in [6.07, 6.45) is 1.59. The normalized spacial score (nSPS) is 10.5. The van der Waals surface area contributed by atoms with Gasteiger partial charge in [0.05, 0.1) is 5.39 Å². The molecule has 7 heteroatoms. The first-order valence-electron chi connectivity index (χ1n) is 10.6. The second kappa shape index (κ2) is 11.1. The van der Waals surface area contributed by atoms with Crippen LogP contribution in [0.4, 0.5) is 11.5 Å². The second-order valence-electron chi connectivity index (χ2n) is 7.17. The van der Waals surface area contributed by atoms with E-state index >= 15 is 0 Å². The van der Waals surface area contributed by atoms with Crippen LogP contribution >= 0.6 is 0 Å². The highest BCUT2D eigenvalue weighted by Crippen LogP contribution is 2.42. The highest BCUT2D eigenvalue weighted by atomic mass is 16.1. The van der Waals surface area contributed by atoms with Crippen molar-refractivity contribution in [1.29, 1.82) is 0 Å². The molecule has 0 saturated heterocycles. The van der Waals surface area contributed by atoms with E-state index in [1.54, 1.807) is 36.5 Å². The van der Waals surface area contributed by atoms with E-state index in [-0.39, 0.29) is 0 Å². The SMILES string of the molecule is NC(=O)c1cccccccccccn[nH]nc2c3c(c4ccccc4cc3ccc1)N=N2. The third kappa shape index (κ3) is 5.46. The summed E-state index contributed by atoms with van der Waals surface area (Å²) in [6, 6.07) is 33.6. The van der Waals surface area contributed by atoms with E-state index in [2.05, 4.69) is 25.6 Å². The molecule has 0 spiro atoms. The molecule has 166 valence electrons. The number of benzene rings is 2. The third-order valence-electron chi connectivity index (χ3n) is 4.90. The van der Waals surface area contributed by atoms with Crippen molar-refractivity contribution >= 4 is 39.0 Å². The Hall–Kier alpha value is -4.91. The summed E-state index contributed by atoms with van der Waals surface area (Å²) in [4.78, 5) is 11.9. The zero-order valence-corrected chi connectivity index (χ0v) is 18.2. The molecule has 0 fully saturated rings. The van der Waals surface area contributed by atoms with Gasteiger partial charge in [-0.1, -0.05) is 84.9 Å². The topological polar surface area (TPSA) is 109 Å². The Bertz CT molecular complexity index is 1510. The highest BCUT2D eigenvalue weighted by Gasteiger charge is 2.15. The van der Waals surface area contributed by atoms with Crippen LogP contribution in [0.25, 0.3) is 21.5 Å². The van der Waals surface area contributed by atoms with Gasteiger partial charge in [0.25, 0.3) is 0 Å². The lowest BCUT2D eigenvalue weighted by atomic mass is 10.0. The van der Waals surface area contributed by atoms with Crippen molar-refractivity contribution in [3.8, 4) is 0 Å². The standard InChI is InChI=1S/C27H22N6O/c28-26(34)20-13-8-6-4-2-1-3-5-7-11-18-29-33-32-27-24-22(16-12-15-20)19-21-14-9-10-17-23(21)25(24)30-31-27/h1-19,33H,(H2,28,34). The Kier molecular flexibility index (Phi) is 7.28. The summed E-state index contributed by atoms with van der Waals surface area (Å²) in [5.41, 5.74) is 6.65. The van der Waals surface area contributed by atoms with Crippen molar-refractivity contribution in [1.82, 2.24) is 15.4 Å². The number of hydrogen-bond donors (Lipinski definition) is 2. The van der Waals surface area contributed by atoms with E-state index in [4.69, 9.17) is 5.73 Å². The fourth-order valence-corrected chi connectivity index (χ4v) is 3.33. The number of nitrogens with one attached hydrogen (secondary N) is 1. The first kappa shape index (κ1) is 22.3. The van der Waals surface area contributed by atoms with Crippen LogP contribution in [0.15, 0.2) is 126 Å². The van der Waals surface area contributed by atoms with Crippen LogP contribution in [-0.4, -0.2) is 21.3 Å². The molecule has 1 aromatic heterocycles. The maximum Gasteiger partial charge on any atom is 0.248 e. The quantitative estimate of drug-likeness (QED) is 0.351. The van der Waals surface area contributed by atoms with E-state index < -0.39 is 5.91 Å². The number of azo groups is 1. The molecule has 2 heterocycles. The predicted octanol–water partition coefficient (Wildman–Crippen LogP) is 6.44. The van der Waals surface area contributed by atoms with Crippen molar-refractivity contribution in [2.75, 3.05) is 0 Å². The van der Waals surface area contributed by atoms with Crippen molar-refractivity contribution in [2.45, 2.75) is 0 Å². The van der Waals surface area contributed by atoms with Gasteiger partial charge in [-0.3, -0.25) is 4.79 Å². The molecular weight excluding hydrogens is 424 g/mol. The van der Waals surface area contributed by atoms with E-state index in [9.17, 15) is 4.79 Å². The van der Waals surface area contributed by atoms with Crippen LogP contribution in [0.5, 0.6) is 0 Å². The third-order valence-corrected chi connectivity index (χ3v) is 4.90. The Morgan fingerprint density at radius 1 is 0.706 bits per heavy atom. The number of H-pyrrole nitrogens is 1. The van der Waals surface area contributed by atoms with Gasteiger partial charge < -0.3 is 5.73 Å². The lowest BCUT2D eigenvalue weighted by molar-refractivity contribution is 0.100. The number of nitrogens with zero attached hydrogens (tertiary/aromatic N) is 4. The Morgan fingerprint density at radius 3 is 2.15 bits per heavy atom. The summed E-state index contributed by atoms with van der Waals surface area (Å²) < 4.78 is 0. The maximum absolute atomic E-state index is 11.9. The molecule has 7 nitrogen and oxygen atoms in total. The maximum atomic E-state index is 11.9. The molecule has 2 aromatic carbocycles. The number of rotatable bonds is 1. The minimum absolute atomic E-state index is 0.373. The second-order valence-corrected chi connectivity index (χ2v) is 7.17. The number of carbonyl (C=O) groups is 1. The average molecular weight is 447 g/mol. The summed E-state index contributed by atoms with van der Waals surface area (Å²) in [7, 11) is 0. The number of aromatic amines is 1. The van der Waals surface area contributed by atoms with Crippen molar-refractivity contribution in [3.05, 3.63) is 121 Å². The van der Waals surface area contributed by atoms with Gasteiger partial charge in [0.15, 0.2) is 0 Å². The number of aromatic nitrogens is 3. The molecule has 34 heavy (non-hydrogen) atoms. The molecular formula is C27H22N6O. The zero-order valence-electron chi connectivity index (χ0n) is 18.2. The first-order chi connectivity index (χ1) is 16.7. The molecule has 0 saturated carbocycles. The Morgan fingerprint density at radius 2 is 1.35 bits per heavy atom. The van der Waals surface area contributed by atoms with Gasteiger partial charge in [0.1, 0.15) is 5.69 Å². The largest absolute Gasteiger partial charge is 0.366 e. The molecule has 1 aliphatic heterocycles. The summed E-state index contributed by atoms with van der Waals surface area (Å²) in [6.45, 7) is 0. The molecule has 0 unspecified atom stereocenters. The van der Waals surface area contributed by atoms with Gasteiger partial charge >= 0.3 is 0 Å². The predicted molar refractivity (Wildman–Crippen MR) is 135 cm³/mol. The average Bonchev–Trinajstić information content (AvgIpc) is 3.27. The van der Waals surface area contributed by atoms with Crippen LogP contribution in [0.1, 0.15) is 10.4 Å². The van der Waals surface area contributed by atoms with E-state index in [1.165, 1.54) is 0 Å². The molecule has 1 amide bonds. The molecule has 3 aromatic rings. The lowest BCUT2D eigenvalue weighted by Gasteiger charge is -2.02. The number of amides is 1. The molecule has 3 N–H and O–H groups in total. The highest BCUT2D eigenvalue weighted by molar-refractivity contribution is 6.13. The number of primary amides is 1. The van der Waals surface area contributed by atoms with Crippen LogP contribution < -0.4 is 5.73 Å². The van der Waals surface area contributed by atoms with Crippen LogP contribution in [0.2, 0.25) is 0 Å². The van der Waals surface area contributed by atoms with E-state index in [0.29, 0.717) is 11.4 Å². The Balaban J connectivity index is 2.01. The number of nitrogens with two attached hydrogens (primary N) is 1. The van der Waals surface area contributed by atoms with Gasteiger partial charge in [-0.15, -0.1) is 15.3 Å². The van der Waals surface area contributed by atoms with Crippen LogP contribution in [0, 0.1) is 0 Å². The molecule has 1 aliphatic rings. The van der Waals surface area contributed by atoms with Crippen LogP contribution in [-0.2, 0) is 0 Å². The lowest BCUT2D eigenvalue weighted by Crippen LogP contribution is -2.09. The summed E-state index contributed by atoms with van der Waals surface area (Å²) in [5, 5.41) is 23.3. The monoisotopic (exact) mass is 446 g/mol. The zero-order chi connectivity index (χ0) is 23.6. The fourth-order valence-electron chi connectivity index (χ4n) is 3.33. The van der Waals surface area contributed by atoms with Crippen LogP contribution in [0.3, 0.4) is 0 Å². The van der Waals surface area contributed by atoms with E-state index in [0.717, 1.165) is 27.2 Å². The molecule has 0 atom stereocenters. The van der Waals surface area contributed by atoms with E-state index in [1.807, 2.05) is 78.9 Å². The molecule has 4 rings (SSSR count). The van der Waals surface area contributed by atoms with Gasteiger partial charge in [0, 0.05) is 17.1 Å².